The van der Waals surface area contributed by atoms with Gasteiger partial charge in [-0.25, -0.2) is 9.97 Å². The van der Waals surface area contributed by atoms with Crippen LogP contribution < -0.4 is 15.4 Å². The van der Waals surface area contributed by atoms with Crippen LogP contribution in [0.4, 0.5) is 17.2 Å². The van der Waals surface area contributed by atoms with Gasteiger partial charge in [0.15, 0.2) is 6.61 Å². The minimum atomic E-state index is -0.0684. The summed E-state index contributed by atoms with van der Waals surface area (Å²) < 4.78 is 7.51. The van der Waals surface area contributed by atoms with Crippen LogP contribution in [0.15, 0.2) is 53.9 Å². The van der Waals surface area contributed by atoms with E-state index in [9.17, 15) is 0 Å². The second kappa shape index (κ2) is 7.57. The lowest BCUT2D eigenvalue weighted by atomic mass is 10.1. The van der Waals surface area contributed by atoms with E-state index in [1.807, 2.05) is 37.5 Å². The molecule has 0 radical (unpaired) electrons. The third-order valence-corrected chi connectivity index (χ3v) is 5.70. The van der Waals surface area contributed by atoms with Crippen LogP contribution in [0.2, 0.25) is 0 Å². The monoisotopic (exact) mass is 415 g/mol. The summed E-state index contributed by atoms with van der Waals surface area (Å²) in [6.45, 7) is -0.0684. The zero-order valence-electron chi connectivity index (χ0n) is 16.1. The first-order chi connectivity index (χ1) is 14.7. The number of ether oxygens (including phenoxy) is 1. The number of fused-ring (bicyclic) bond motifs is 2. The van der Waals surface area contributed by atoms with E-state index in [2.05, 4.69) is 37.8 Å². The number of nitrogens with zero attached hydrogens (tertiary/aromatic N) is 5. The normalized spacial score (nSPS) is 12.3. The topological polar surface area (TPSA) is 101 Å². The summed E-state index contributed by atoms with van der Waals surface area (Å²) in [5.41, 5.74) is 4.63. The number of hydrogen-bond acceptors (Lipinski definition) is 8. The van der Waals surface area contributed by atoms with Gasteiger partial charge in [-0.2, -0.15) is 10.4 Å². The highest BCUT2D eigenvalue weighted by Gasteiger charge is 2.16. The Morgan fingerprint density at radius 3 is 3.03 bits per heavy atom. The maximum Gasteiger partial charge on any atom is 0.174 e. The Morgan fingerprint density at radius 2 is 2.20 bits per heavy atom. The second-order valence-electron chi connectivity index (χ2n) is 6.74. The fourth-order valence-electron chi connectivity index (χ4n) is 3.40. The molecule has 9 heteroatoms. The first-order valence-electron chi connectivity index (χ1n) is 9.26. The van der Waals surface area contributed by atoms with E-state index >= 15 is 0 Å². The minimum Gasteiger partial charge on any atom is -0.478 e. The molecular formula is C21H17N7OS. The largest absolute Gasteiger partial charge is 0.478 e. The van der Waals surface area contributed by atoms with E-state index in [0.29, 0.717) is 11.6 Å². The van der Waals surface area contributed by atoms with Gasteiger partial charge in [0.2, 0.25) is 0 Å². The van der Waals surface area contributed by atoms with Crippen molar-refractivity contribution in [1.29, 1.82) is 5.26 Å². The Labute approximate surface area is 176 Å². The number of anilines is 3. The summed E-state index contributed by atoms with van der Waals surface area (Å²) in [6, 6.07) is 12.0. The number of rotatable bonds is 5. The van der Waals surface area contributed by atoms with Crippen LogP contribution in [0, 0.1) is 11.3 Å². The van der Waals surface area contributed by atoms with E-state index in [0.717, 1.165) is 39.3 Å². The molecule has 0 aliphatic carbocycles. The number of benzene rings is 2. The number of nitrogens with one attached hydrogen (secondary N) is 2. The molecule has 2 N–H and O–H groups in total. The lowest BCUT2D eigenvalue weighted by molar-refractivity contribution is 0.373. The predicted molar refractivity (Wildman–Crippen MR) is 117 cm³/mol. The fraction of sp³-hybridized carbons (Fsp3) is 0.143. The van der Waals surface area contributed by atoms with Crippen LogP contribution >= 0.6 is 11.8 Å². The molecular weight excluding hydrogens is 398 g/mol. The summed E-state index contributed by atoms with van der Waals surface area (Å²) in [5.74, 6) is 2.05. The van der Waals surface area contributed by atoms with Gasteiger partial charge in [0.1, 0.15) is 24.0 Å². The maximum absolute atomic E-state index is 9.04. The van der Waals surface area contributed by atoms with E-state index < -0.39 is 0 Å². The molecule has 2 aromatic heterocycles. The van der Waals surface area contributed by atoms with Gasteiger partial charge in [-0.05, 0) is 35.9 Å². The zero-order chi connectivity index (χ0) is 20.5. The Kier molecular flexibility index (Phi) is 4.61. The molecule has 0 saturated carbocycles. The number of aryl methyl sites for hydroxylation is 1. The van der Waals surface area contributed by atoms with E-state index in [4.69, 9.17) is 10.00 Å². The van der Waals surface area contributed by atoms with Crippen molar-refractivity contribution in [1.82, 2.24) is 19.7 Å². The van der Waals surface area contributed by atoms with Crippen LogP contribution in [0.1, 0.15) is 0 Å². The molecule has 0 atom stereocenters. The van der Waals surface area contributed by atoms with E-state index in [1.165, 1.54) is 11.2 Å². The molecule has 4 aromatic rings. The van der Waals surface area contributed by atoms with Gasteiger partial charge in [-0.15, -0.1) is 11.8 Å². The molecule has 30 heavy (non-hydrogen) atoms. The third kappa shape index (κ3) is 3.38. The summed E-state index contributed by atoms with van der Waals surface area (Å²) in [5, 5.41) is 20.7. The van der Waals surface area contributed by atoms with Gasteiger partial charge in [0, 0.05) is 35.1 Å². The van der Waals surface area contributed by atoms with Crippen LogP contribution in [0.3, 0.4) is 0 Å². The zero-order valence-corrected chi connectivity index (χ0v) is 16.9. The smallest absolute Gasteiger partial charge is 0.174 e. The third-order valence-electron chi connectivity index (χ3n) is 4.77. The number of nitriles is 1. The molecule has 8 nitrogen and oxygen atoms in total. The maximum atomic E-state index is 9.04. The number of thioether (sulfide) groups is 1. The van der Waals surface area contributed by atoms with Crippen molar-refractivity contribution in [2.24, 2.45) is 7.05 Å². The Hall–Kier alpha value is -3.77. The lowest BCUT2D eigenvalue weighted by Crippen LogP contribution is -2.01. The molecule has 1 aliphatic rings. The average molecular weight is 415 g/mol. The van der Waals surface area contributed by atoms with Crippen LogP contribution in [-0.2, 0) is 7.05 Å². The van der Waals surface area contributed by atoms with Crippen molar-refractivity contribution in [3.8, 4) is 22.9 Å². The van der Waals surface area contributed by atoms with Gasteiger partial charge in [-0.3, -0.25) is 4.68 Å². The average Bonchev–Trinajstić information content (AvgIpc) is 3.40. The van der Waals surface area contributed by atoms with Crippen molar-refractivity contribution in [3.63, 3.8) is 0 Å². The van der Waals surface area contributed by atoms with Gasteiger partial charge >= 0.3 is 0 Å². The van der Waals surface area contributed by atoms with Crippen LogP contribution in [-0.4, -0.2) is 32.2 Å². The molecule has 0 bridgehead atoms. The molecule has 0 amide bonds. The SMILES string of the molecule is Cn1cc(-c2cc(OCC#N)c3c(Nc4ccc5c(c4)SCN5)ncnc3c2)cn1. The Bertz CT molecular complexity index is 1290. The van der Waals surface area contributed by atoms with Crippen LogP contribution in [0.25, 0.3) is 22.0 Å². The quantitative estimate of drug-likeness (QED) is 0.501. The summed E-state index contributed by atoms with van der Waals surface area (Å²) >= 11 is 1.76. The summed E-state index contributed by atoms with van der Waals surface area (Å²) in [6.07, 6.45) is 5.23. The molecule has 1 aliphatic heterocycles. The van der Waals surface area contributed by atoms with Crippen molar-refractivity contribution in [2.75, 3.05) is 23.1 Å². The minimum absolute atomic E-state index is 0.0684. The van der Waals surface area contributed by atoms with Crippen molar-refractivity contribution >= 4 is 39.9 Å². The van der Waals surface area contributed by atoms with Crippen molar-refractivity contribution in [3.05, 3.63) is 49.1 Å². The molecule has 5 rings (SSSR count). The van der Waals surface area contributed by atoms with E-state index in [-0.39, 0.29) is 6.61 Å². The molecule has 0 fully saturated rings. The van der Waals surface area contributed by atoms with Crippen molar-refractivity contribution < 1.29 is 4.74 Å². The lowest BCUT2D eigenvalue weighted by Gasteiger charge is -2.14. The van der Waals surface area contributed by atoms with Crippen LogP contribution in [0.5, 0.6) is 5.75 Å². The second-order valence-corrected chi connectivity index (χ2v) is 7.76. The van der Waals surface area contributed by atoms with Gasteiger partial charge in [-0.1, -0.05) is 0 Å². The van der Waals surface area contributed by atoms with Gasteiger partial charge in [0.25, 0.3) is 0 Å². The molecule has 3 heterocycles. The fourth-order valence-corrected chi connectivity index (χ4v) is 4.29. The molecule has 2 aromatic carbocycles. The van der Waals surface area contributed by atoms with E-state index in [1.54, 1.807) is 22.6 Å². The molecule has 0 saturated heterocycles. The number of hydrogen-bond donors (Lipinski definition) is 2. The highest BCUT2D eigenvalue weighted by molar-refractivity contribution is 7.99. The molecule has 0 unspecified atom stereocenters. The Balaban J connectivity index is 1.61. The molecule has 0 spiro atoms. The standard InChI is InChI=1S/C21H17N7OS/c1-28-10-14(9-26-28)13-6-17-20(18(7-13)29-5-4-22)21(24-11-23-17)27-15-2-3-16-19(8-15)30-12-25-16/h2-3,6-11,25H,5,12H2,1H3,(H,23,24,27). The predicted octanol–water partition coefficient (Wildman–Crippen LogP) is 4.15. The van der Waals surface area contributed by atoms with Gasteiger partial charge < -0.3 is 15.4 Å². The highest BCUT2D eigenvalue weighted by atomic mass is 32.2. The van der Waals surface area contributed by atoms with Crippen molar-refractivity contribution in [2.45, 2.75) is 4.90 Å². The summed E-state index contributed by atoms with van der Waals surface area (Å²) in [4.78, 5) is 10.1. The first-order valence-corrected chi connectivity index (χ1v) is 10.2. The highest BCUT2D eigenvalue weighted by Crippen LogP contribution is 2.39. The molecule has 148 valence electrons. The first kappa shape index (κ1) is 18.3. The summed E-state index contributed by atoms with van der Waals surface area (Å²) in [7, 11) is 1.87. The van der Waals surface area contributed by atoms with Gasteiger partial charge in [0.05, 0.1) is 23.0 Å². The number of aromatic nitrogens is 4. The Morgan fingerprint density at radius 1 is 1.27 bits per heavy atom.